The highest BCUT2D eigenvalue weighted by Gasteiger charge is 2.13. The van der Waals surface area contributed by atoms with Gasteiger partial charge in [-0.3, -0.25) is 0 Å². The Morgan fingerprint density at radius 3 is 2.33 bits per heavy atom. The molecule has 3 rings (SSSR count). The monoisotopic (exact) mass is 335 g/mol. The zero-order valence-corrected chi connectivity index (χ0v) is 14.5. The molecule has 0 spiro atoms. The highest BCUT2D eigenvalue weighted by molar-refractivity contribution is 7.99. The summed E-state index contributed by atoms with van der Waals surface area (Å²) in [5.41, 5.74) is 8.17. The zero-order chi connectivity index (χ0) is 16.8. The summed E-state index contributed by atoms with van der Waals surface area (Å²) < 4.78 is 5.95. The molecule has 0 aliphatic heterocycles. The highest BCUT2D eigenvalue weighted by atomic mass is 32.2. The fraction of sp³-hybridized carbons (Fsp3) is 0.143. The molecule has 3 aromatic rings. The second-order valence-electron chi connectivity index (χ2n) is 5.54. The van der Waals surface area contributed by atoms with Crippen LogP contribution in [0.3, 0.4) is 0 Å². The fourth-order valence-corrected chi connectivity index (χ4v) is 3.65. The van der Waals surface area contributed by atoms with Gasteiger partial charge in [-0.15, -0.1) is 11.8 Å². The molecule has 0 aliphatic rings. The van der Waals surface area contributed by atoms with Crippen molar-refractivity contribution in [1.29, 1.82) is 0 Å². The second-order valence-corrected chi connectivity index (χ2v) is 6.78. The van der Waals surface area contributed by atoms with Crippen molar-refractivity contribution < 1.29 is 4.74 Å². The standard InChI is InChI=1S/C21H21NOS/c1-2-20(24-21-14-7-6-13-19(21)22)16-9-8-12-18(15-16)23-17-10-4-3-5-11-17/h3-15,20H,2,22H2,1H3. The van der Waals surface area contributed by atoms with Crippen LogP contribution in [0.4, 0.5) is 5.69 Å². The van der Waals surface area contributed by atoms with Gasteiger partial charge in [0.15, 0.2) is 0 Å². The Morgan fingerprint density at radius 2 is 1.58 bits per heavy atom. The summed E-state index contributed by atoms with van der Waals surface area (Å²) in [4.78, 5) is 1.12. The summed E-state index contributed by atoms with van der Waals surface area (Å²) in [5.74, 6) is 1.71. The average molecular weight is 335 g/mol. The number of benzene rings is 3. The summed E-state index contributed by atoms with van der Waals surface area (Å²) >= 11 is 1.80. The lowest BCUT2D eigenvalue weighted by Crippen LogP contribution is -1.95. The average Bonchev–Trinajstić information content (AvgIpc) is 2.62. The second kappa shape index (κ2) is 7.93. The smallest absolute Gasteiger partial charge is 0.127 e. The maximum atomic E-state index is 6.09. The fourth-order valence-electron chi connectivity index (χ4n) is 2.53. The minimum Gasteiger partial charge on any atom is -0.457 e. The summed E-state index contributed by atoms with van der Waals surface area (Å²) in [6.07, 6.45) is 1.02. The molecule has 1 unspecified atom stereocenters. The molecule has 0 fully saturated rings. The first-order chi connectivity index (χ1) is 11.8. The molecular formula is C21H21NOS. The lowest BCUT2D eigenvalue weighted by molar-refractivity contribution is 0.482. The van der Waals surface area contributed by atoms with E-state index in [4.69, 9.17) is 10.5 Å². The van der Waals surface area contributed by atoms with Crippen molar-refractivity contribution in [3.8, 4) is 11.5 Å². The Morgan fingerprint density at radius 1 is 0.875 bits per heavy atom. The summed E-state index contributed by atoms with van der Waals surface area (Å²) in [5, 5.41) is 0.342. The van der Waals surface area contributed by atoms with Crippen molar-refractivity contribution in [1.82, 2.24) is 0 Å². The molecule has 2 N–H and O–H groups in total. The first-order valence-electron chi connectivity index (χ1n) is 8.10. The van der Waals surface area contributed by atoms with E-state index in [1.807, 2.05) is 60.7 Å². The quantitative estimate of drug-likeness (QED) is 0.424. The number of hydrogen-bond acceptors (Lipinski definition) is 3. The highest BCUT2D eigenvalue weighted by Crippen LogP contribution is 2.41. The van der Waals surface area contributed by atoms with Crippen LogP contribution >= 0.6 is 11.8 Å². The van der Waals surface area contributed by atoms with Crippen LogP contribution in [0.25, 0.3) is 0 Å². The van der Waals surface area contributed by atoms with Gasteiger partial charge in [0.2, 0.25) is 0 Å². The molecule has 24 heavy (non-hydrogen) atoms. The van der Waals surface area contributed by atoms with Crippen LogP contribution in [0.1, 0.15) is 24.2 Å². The Labute approximate surface area is 147 Å². The molecule has 2 nitrogen and oxygen atoms in total. The number of rotatable bonds is 6. The van der Waals surface area contributed by atoms with Crippen LogP contribution in [0, 0.1) is 0 Å². The van der Waals surface area contributed by atoms with E-state index < -0.39 is 0 Å². The Balaban J connectivity index is 1.79. The number of nitrogens with two attached hydrogens (primary N) is 1. The largest absolute Gasteiger partial charge is 0.457 e. The van der Waals surface area contributed by atoms with Gasteiger partial charge >= 0.3 is 0 Å². The SMILES string of the molecule is CCC(Sc1ccccc1N)c1cccc(Oc2ccccc2)c1. The van der Waals surface area contributed by atoms with Crippen LogP contribution in [0.5, 0.6) is 11.5 Å². The number of anilines is 1. The van der Waals surface area contributed by atoms with E-state index in [1.54, 1.807) is 11.8 Å². The van der Waals surface area contributed by atoms with Crippen molar-refractivity contribution in [2.45, 2.75) is 23.5 Å². The third kappa shape index (κ3) is 4.12. The number of para-hydroxylation sites is 2. The minimum absolute atomic E-state index is 0.342. The van der Waals surface area contributed by atoms with Crippen molar-refractivity contribution in [2.75, 3.05) is 5.73 Å². The maximum absolute atomic E-state index is 6.09. The third-order valence-electron chi connectivity index (χ3n) is 3.77. The van der Waals surface area contributed by atoms with E-state index in [0.29, 0.717) is 5.25 Å². The Hall–Kier alpha value is -2.39. The van der Waals surface area contributed by atoms with Crippen LogP contribution in [0.15, 0.2) is 83.8 Å². The number of thioether (sulfide) groups is 1. The minimum atomic E-state index is 0.342. The van der Waals surface area contributed by atoms with Gasteiger partial charge in [-0.1, -0.05) is 49.4 Å². The Bertz CT molecular complexity index is 789. The molecule has 0 aromatic heterocycles. The topological polar surface area (TPSA) is 35.2 Å². The third-order valence-corrected chi connectivity index (χ3v) is 5.28. The van der Waals surface area contributed by atoms with E-state index in [-0.39, 0.29) is 0 Å². The first kappa shape index (κ1) is 16.5. The molecule has 0 aliphatic carbocycles. The summed E-state index contributed by atoms with van der Waals surface area (Å²) in [6.45, 7) is 2.20. The van der Waals surface area contributed by atoms with Gasteiger partial charge in [0.05, 0.1) is 0 Å². The van der Waals surface area contributed by atoms with Gasteiger partial charge in [0, 0.05) is 15.8 Å². The van der Waals surface area contributed by atoms with Crippen LogP contribution in [0.2, 0.25) is 0 Å². The Kier molecular flexibility index (Phi) is 5.44. The van der Waals surface area contributed by atoms with Crippen molar-refractivity contribution in [2.24, 2.45) is 0 Å². The molecule has 0 heterocycles. The first-order valence-corrected chi connectivity index (χ1v) is 8.98. The molecule has 0 radical (unpaired) electrons. The van der Waals surface area contributed by atoms with Gasteiger partial charge in [0.25, 0.3) is 0 Å². The normalized spacial score (nSPS) is 11.9. The van der Waals surface area contributed by atoms with Gasteiger partial charge in [-0.25, -0.2) is 0 Å². The predicted molar refractivity (Wildman–Crippen MR) is 103 cm³/mol. The van der Waals surface area contributed by atoms with E-state index in [9.17, 15) is 0 Å². The molecule has 3 aromatic carbocycles. The van der Waals surface area contributed by atoms with E-state index in [0.717, 1.165) is 28.5 Å². The van der Waals surface area contributed by atoms with E-state index in [1.165, 1.54) is 5.56 Å². The molecular weight excluding hydrogens is 314 g/mol. The van der Waals surface area contributed by atoms with Crippen LogP contribution in [-0.2, 0) is 0 Å². The molecule has 3 heteroatoms. The molecule has 0 saturated heterocycles. The maximum Gasteiger partial charge on any atom is 0.127 e. The van der Waals surface area contributed by atoms with Crippen molar-refractivity contribution in [3.63, 3.8) is 0 Å². The zero-order valence-electron chi connectivity index (χ0n) is 13.7. The van der Waals surface area contributed by atoms with Crippen molar-refractivity contribution in [3.05, 3.63) is 84.4 Å². The molecule has 1 atom stereocenters. The molecule has 122 valence electrons. The van der Waals surface area contributed by atoms with Crippen LogP contribution < -0.4 is 10.5 Å². The van der Waals surface area contributed by atoms with Gasteiger partial charge in [-0.05, 0) is 48.4 Å². The van der Waals surface area contributed by atoms with Crippen molar-refractivity contribution >= 4 is 17.4 Å². The number of ether oxygens (including phenoxy) is 1. The van der Waals surface area contributed by atoms with Gasteiger partial charge in [0.1, 0.15) is 11.5 Å². The van der Waals surface area contributed by atoms with E-state index >= 15 is 0 Å². The van der Waals surface area contributed by atoms with Crippen LogP contribution in [-0.4, -0.2) is 0 Å². The lowest BCUT2D eigenvalue weighted by atomic mass is 10.1. The molecule has 0 amide bonds. The number of hydrogen-bond donors (Lipinski definition) is 1. The lowest BCUT2D eigenvalue weighted by Gasteiger charge is -2.17. The summed E-state index contributed by atoms with van der Waals surface area (Å²) in [6, 6.07) is 26.2. The van der Waals surface area contributed by atoms with E-state index in [2.05, 4.69) is 25.1 Å². The van der Waals surface area contributed by atoms with Gasteiger partial charge < -0.3 is 10.5 Å². The number of nitrogen functional groups attached to an aromatic ring is 1. The molecule has 0 saturated carbocycles. The predicted octanol–water partition coefficient (Wildman–Crippen LogP) is 6.30. The van der Waals surface area contributed by atoms with Gasteiger partial charge in [-0.2, -0.15) is 0 Å². The summed E-state index contributed by atoms with van der Waals surface area (Å²) in [7, 11) is 0. The molecule has 0 bridgehead atoms.